The summed E-state index contributed by atoms with van der Waals surface area (Å²) in [6, 6.07) is 15.0. The number of piperazine rings is 1. The maximum atomic E-state index is 13.1. The van der Waals surface area contributed by atoms with Crippen molar-refractivity contribution in [2.75, 3.05) is 31.1 Å². The van der Waals surface area contributed by atoms with Crippen molar-refractivity contribution in [1.82, 2.24) is 9.36 Å². The monoisotopic (exact) mass is 431 g/mol. The number of benzene rings is 2. The van der Waals surface area contributed by atoms with Gasteiger partial charge in [0.2, 0.25) is 0 Å². The molecular formula is C23H26F3N4O+. The van der Waals surface area contributed by atoms with Crippen LogP contribution in [0.25, 0.3) is 5.69 Å². The molecule has 0 atom stereocenters. The first-order valence-electron chi connectivity index (χ1n) is 10.3. The summed E-state index contributed by atoms with van der Waals surface area (Å²) in [5, 5.41) is 0. The standard InChI is InChI=1S/C23H25F3N4O/c1-17-21(22(31)30(27(17)2)19-8-4-3-5-9-19)16-28-11-13-29(14-12-28)20-10-6-7-18(15-20)23(24,25)26/h3-10,15H,11-14,16H2,1-2H3/p+1. The fraction of sp³-hybridized carbons (Fsp3) is 0.348. The van der Waals surface area contributed by atoms with E-state index >= 15 is 0 Å². The Hall–Kier alpha value is -3.00. The van der Waals surface area contributed by atoms with Crippen LogP contribution >= 0.6 is 0 Å². The first-order chi connectivity index (χ1) is 14.8. The summed E-state index contributed by atoms with van der Waals surface area (Å²) >= 11 is 0. The van der Waals surface area contributed by atoms with E-state index in [0.717, 1.165) is 36.1 Å². The van der Waals surface area contributed by atoms with Crippen LogP contribution in [0.2, 0.25) is 0 Å². The minimum atomic E-state index is -4.34. The average molecular weight is 431 g/mol. The third-order valence-electron chi connectivity index (χ3n) is 6.11. The molecule has 1 fully saturated rings. The molecule has 164 valence electrons. The van der Waals surface area contributed by atoms with Gasteiger partial charge in [0.1, 0.15) is 6.54 Å². The second-order valence-electron chi connectivity index (χ2n) is 8.00. The smallest absolute Gasteiger partial charge is 0.360 e. The molecule has 0 aliphatic carbocycles. The van der Waals surface area contributed by atoms with Gasteiger partial charge < -0.3 is 9.80 Å². The molecule has 0 radical (unpaired) electrons. The number of hydrogen-bond acceptors (Lipinski definition) is 2. The molecule has 0 amide bonds. The highest BCUT2D eigenvalue weighted by Crippen LogP contribution is 2.31. The Morgan fingerprint density at radius 1 is 0.968 bits per heavy atom. The molecule has 0 saturated carbocycles. The van der Waals surface area contributed by atoms with Gasteiger partial charge in [-0.25, -0.2) is 4.68 Å². The topological polar surface area (TPSA) is 34.6 Å². The zero-order chi connectivity index (χ0) is 22.2. The van der Waals surface area contributed by atoms with Gasteiger partial charge in [-0.05, 0) is 37.3 Å². The van der Waals surface area contributed by atoms with Crippen LogP contribution in [0.4, 0.5) is 18.9 Å². The largest absolute Gasteiger partial charge is 0.416 e. The van der Waals surface area contributed by atoms with E-state index in [9.17, 15) is 18.0 Å². The molecule has 4 rings (SSSR count). The summed E-state index contributed by atoms with van der Waals surface area (Å²) in [5.41, 5.74) is 2.50. The van der Waals surface area contributed by atoms with Crippen molar-refractivity contribution >= 4 is 5.69 Å². The fourth-order valence-corrected chi connectivity index (χ4v) is 4.21. The third kappa shape index (κ3) is 4.25. The number of anilines is 1. The summed E-state index contributed by atoms with van der Waals surface area (Å²) < 4.78 is 42.6. The number of quaternary nitrogens is 1. The number of alkyl halides is 3. The van der Waals surface area contributed by atoms with Gasteiger partial charge in [-0.2, -0.15) is 13.2 Å². The van der Waals surface area contributed by atoms with Gasteiger partial charge in [0.25, 0.3) is 5.56 Å². The van der Waals surface area contributed by atoms with Crippen molar-refractivity contribution < 1.29 is 18.1 Å². The number of nitrogens with zero attached hydrogens (tertiary/aromatic N) is 3. The van der Waals surface area contributed by atoms with Crippen molar-refractivity contribution in [3.05, 3.63) is 81.8 Å². The molecule has 1 aliphatic rings. The van der Waals surface area contributed by atoms with E-state index in [4.69, 9.17) is 0 Å². The number of hydrogen-bond donors (Lipinski definition) is 1. The first-order valence-corrected chi connectivity index (χ1v) is 10.3. The van der Waals surface area contributed by atoms with Gasteiger partial charge in [0.15, 0.2) is 0 Å². The Kier molecular flexibility index (Phi) is 5.66. The van der Waals surface area contributed by atoms with Crippen molar-refractivity contribution in [2.45, 2.75) is 19.6 Å². The van der Waals surface area contributed by atoms with Gasteiger partial charge in [0, 0.05) is 18.4 Å². The molecule has 2 aromatic carbocycles. The predicted molar refractivity (Wildman–Crippen MR) is 114 cm³/mol. The Labute approximate surface area is 178 Å². The Morgan fingerprint density at radius 2 is 1.61 bits per heavy atom. The van der Waals surface area contributed by atoms with E-state index < -0.39 is 11.7 Å². The molecule has 1 aliphatic heterocycles. The van der Waals surface area contributed by atoms with Crippen molar-refractivity contribution in [1.29, 1.82) is 0 Å². The van der Waals surface area contributed by atoms with E-state index in [-0.39, 0.29) is 5.56 Å². The Bertz CT molecular complexity index is 1110. The lowest BCUT2D eigenvalue weighted by atomic mass is 10.1. The summed E-state index contributed by atoms with van der Waals surface area (Å²) in [5.74, 6) is 0. The molecular weight excluding hydrogens is 405 g/mol. The lowest BCUT2D eigenvalue weighted by molar-refractivity contribution is -0.914. The molecule has 0 bridgehead atoms. The van der Waals surface area contributed by atoms with Crippen LogP contribution in [0.15, 0.2) is 59.4 Å². The Morgan fingerprint density at radius 3 is 2.26 bits per heavy atom. The third-order valence-corrected chi connectivity index (χ3v) is 6.11. The first kappa shape index (κ1) is 21.2. The zero-order valence-corrected chi connectivity index (χ0v) is 17.6. The second kappa shape index (κ2) is 8.26. The molecule has 0 spiro atoms. The second-order valence-corrected chi connectivity index (χ2v) is 8.00. The van der Waals surface area contributed by atoms with Gasteiger partial charge in [-0.1, -0.05) is 24.3 Å². The van der Waals surface area contributed by atoms with Crippen LogP contribution in [0.3, 0.4) is 0 Å². The van der Waals surface area contributed by atoms with Gasteiger partial charge >= 0.3 is 6.18 Å². The molecule has 1 aromatic heterocycles. The number of nitrogens with one attached hydrogen (secondary N) is 1. The lowest BCUT2D eigenvalue weighted by Gasteiger charge is -2.33. The summed E-state index contributed by atoms with van der Waals surface area (Å²) in [7, 11) is 1.88. The maximum Gasteiger partial charge on any atom is 0.416 e. The number of rotatable bonds is 4. The minimum Gasteiger partial charge on any atom is -0.360 e. The van der Waals surface area contributed by atoms with Gasteiger partial charge in [-0.15, -0.1) is 0 Å². The highest BCUT2D eigenvalue weighted by atomic mass is 19.4. The van der Waals surface area contributed by atoms with Crippen LogP contribution in [0, 0.1) is 6.92 Å². The molecule has 5 nitrogen and oxygen atoms in total. The SMILES string of the molecule is Cc1c(C[NH+]2CCN(c3cccc(C(F)(F)F)c3)CC2)c(=O)n(-c2ccccc2)n1C. The number of aromatic nitrogens is 2. The minimum absolute atomic E-state index is 0.0148. The summed E-state index contributed by atoms with van der Waals surface area (Å²) in [6.07, 6.45) is -4.34. The van der Waals surface area contributed by atoms with E-state index in [2.05, 4.69) is 0 Å². The summed E-state index contributed by atoms with van der Waals surface area (Å²) in [4.78, 5) is 16.4. The zero-order valence-electron chi connectivity index (χ0n) is 17.6. The maximum absolute atomic E-state index is 13.1. The van der Waals surface area contributed by atoms with Gasteiger partial charge in [-0.3, -0.25) is 9.48 Å². The van der Waals surface area contributed by atoms with Crippen LogP contribution < -0.4 is 15.4 Å². The fourth-order valence-electron chi connectivity index (χ4n) is 4.21. The molecule has 1 saturated heterocycles. The molecule has 31 heavy (non-hydrogen) atoms. The molecule has 3 aromatic rings. The predicted octanol–water partition coefficient (Wildman–Crippen LogP) is 2.41. The van der Waals surface area contributed by atoms with E-state index in [1.54, 1.807) is 10.7 Å². The normalized spacial score (nSPS) is 15.5. The highest BCUT2D eigenvalue weighted by molar-refractivity contribution is 5.49. The van der Waals surface area contributed by atoms with Crippen LogP contribution in [0.1, 0.15) is 16.8 Å². The molecule has 0 unspecified atom stereocenters. The summed E-state index contributed by atoms with van der Waals surface area (Å²) in [6.45, 7) is 5.37. The van der Waals surface area contributed by atoms with Crippen molar-refractivity contribution in [3.63, 3.8) is 0 Å². The van der Waals surface area contributed by atoms with E-state index in [1.807, 2.05) is 53.9 Å². The average Bonchev–Trinajstić information content (AvgIpc) is 2.97. The van der Waals surface area contributed by atoms with Gasteiger partial charge in [0.05, 0.1) is 43.0 Å². The molecule has 2 heterocycles. The number of para-hydroxylation sites is 1. The molecule has 1 N–H and O–H groups in total. The van der Waals surface area contributed by atoms with Crippen LogP contribution in [-0.2, 0) is 19.8 Å². The van der Waals surface area contributed by atoms with Crippen LogP contribution in [0.5, 0.6) is 0 Å². The van der Waals surface area contributed by atoms with Crippen molar-refractivity contribution in [3.8, 4) is 5.69 Å². The number of halogens is 3. The van der Waals surface area contributed by atoms with Crippen molar-refractivity contribution in [2.24, 2.45) is 7.05 Å². The lowest BCUT2D eigenvalue weighted by Crippen LogP contribution is -3.13. The van der Waals surface area contributed by atoms with E-state index in [0.29, 0.717) is 25.3 Å². The van der Waals surface area contributed by atoms with Crippen LogP contribution in [-0.4, -0.2) is 35.5 Å². The highest BCUT2D eigenvalue weighted by Gasteiger charge is 2.31. The quantitative estimate of drug-likeness (QED) is 0.689. The Balaban J connectivity index is 1.47. The van der Waals surface area contributed by atoms with E-state index in [1.165, 1.54) is 17.0 Å². The molecule has 8 heteroatoms.